The summed E-state index contributed by atoms with van der Waals surface area (Å²) in [6.07, 6.45) is 1.79. The molecule has 0 radical (unpaired) electrons. The van der Waals surface area contributed by atoms with Crippen molar-refractivity contribution in [2.75, 3.05) is 13.1 Å². The summed E-state index contributed by atoms with van der Waals surface area (Å²) in [5.41, 5.74) is 6.86. The van der Waals surface area contributed by atoms with Crippen molar-refractivity contribution in [2.45, 2.75) is 26.7 Å². The van der Waals surface area contributed by atoms with Gasteiger partial charge in [0.25, 0.3) is 0 Å². The molecule has 3 N–H and O–H groups in total. The minimum atomic E-state index is -0.128. The second kappa shape index (κ2) is 7.88. The molecule has 18 heavy (non-hydrogen) atoms. The van der Waals surface area contributed by atoms with Gasteiger partial charge in [-0.1, -0.05) is 50.6 Å². The van der Waals surface area contributed by atoms with Crippen LogP contribution in [0.3, 0.4) is 0 Å². The van der Waals surface area contributed by atoms with Crippen LogP contribution in [0.4, 0.5) is 0 Å². The van der Waals surface area contributed by atoms with E-state index in [4.69, 9.17) is 5.73 Å². The van der Waals surface area contributed by atoms with E-state index in [1.165, 1.54) is 0 Å². The molecule has 100 valence electrons. The van der Waals surface area contributed by atoms with Crippen molar-refractivity contribution in [1.82, 2.24) is 5.32 Å². The first-order chi connectivity index (χ1) is 8.67. The zero-order valence-corrected chi connectivity index (χ0v) is 11.4. The highest BCUT2D eigenvalue weighted by molar-refractivity contribution is 5.79. The zero-order valence-electron chi connectivity index (χ0n) is 11.4. The van der Waals surface area contributed by atoms with Gasteiger partial charge in [0.15, 0.2) is 0 Å². The van der Waals surface area contributed by atoms with E-state index in [0.717, 1.165) is 18.5 Å². The van der Waals surface area contributed by atoms with Gasteiger partial charge in [0.1, 0.15) is 0 Å². The van der Waals surface area contributed by atoms with Gasteiger partial charge in [-0.3, -0.25) is 4.79 Å². The van der Waals surface area contributed by atoms with Crippen LogP contribution in [0.2, 0.25) is 0 Å². The van der Waals surface area contributed by atoms with Crippen LogP contribution < -0.4 is 11.1 Å². The van der Waals surface area contributed by atoms with Gasteiger partial charge in [0, 0.05) is 13.1 Å². The number of amides is 1. The second-order valence-electron chi connectivity index (χ2n) is 4.88. The van der Waals surface area contributed by atoms with Crippen molar-refractivity contribution in [3.05, 3.63) is 35.9 Å². The maximum Gasteiger partial charge on any atom is 0.224 e. The van der Waals surface area contributed by atoms with Gasteiger partial charge in [-0.2, -0.15) is 0 Å². The van der Waals surface area contributed by atoms with Gasteiger partial charge in [-0.05, 0) is 17.9 Å². The Kier molecular flexibility index (Phi) is 6.44. The van der Waals surface area contributed by atoms with Gasteiger partial charge >= 0.3 is 0 Å². The smallest absolute Gasteiger partial charge is 0.224 e. The molecule has 0 aliphatic carbocycles. The molecule has 1 rings (SSSR count). The molecule has 0 aliphatic rings. The van der Waals surface area contributed by atoms with Gasteiger partial charge in [0.05, 0.1) is 5.92 Å². The summed E-state index contributed by atoms with van der Waals surface area (Å²) in [5, 5.41) is 2.99. The van der Waals surface area contributed by atoms with Crippen molar-refractivity contribution < 1.29 is 4.79 Å². The van der Waals surface area contributed by atoms with Crippen LogP contribution >= 0.6 is 0 Å². The Labute approximate surface area is 110 Å². The molecule has 1 aromatic rings. The molecule has 0 aliphatic heterocycles. The van der Waals surface area contributed by atoms with E-state index < -0.39 is 0 Å². The maximum absolute atomic E-state index is 12.0. The van der Waals surface area contributed by atoms with Gasteiger partial charge in [-0.15, -0.1) is 0 Å². The second-order valence-corrected chi connectivity index (χ2v) is 4.88. The Hall–Kier alpha value is -1.35. The number of benzene rings is 1. The summed E-state index contributed by atoms with van der Waals surface area (Å²) in [5.74, 6) is 0.460. The fraction of sp³-hybridized carbons (Fsp3) is 0.533. The molecule has 1 aromatic carbocycles. The minimum Gasteiger partial charge on any atom is -0.356 e. The fourth-order valence-electron chi connectivity index (χ4n) is 1.75. The first-order valence-electron chi connectivity index (χ1n) is 6.69. The van der Waals surface area contributed by atoms with Crippen molar-refractivity contribution in [3.8, 4) is 0 Å². The number of hydrogen-bond donors (Lipinski definition) is 2. The molecule has 0 spiro atoms. The van der Waals surface area contributed by atoms with Gasteiger partial charge in [-0.25, -0.2) is 0 Å². The van der Waals surface area contributed by atoms with E-state index in [9.17, 15) is 4.79 Å². The highest BCUT2D eigenvalue weighted by Gasteiger charge is 2.17. The van der Waals surface area contributed by atoms with E-state index in [0.29, 0.717) is 18.9 Å². The maximum atomic E-state index is 12.0. The fourth-order valence-corrected chi connectivity index (χ4v) is 1.75. The molecule has 2 atom stereocenters. The number of rotatable bonds is 7. The van der Waals surface area contributed by atoms with Crippen molar-refractivity contribution >= 4 is 5.91 Å². The molecule has 0 saturated heterocycles. The number of carbonyl (C=O) groups excluding carboxylic acids is 1. The topological polar surface area (TPSA) is 55.1 Å². The van der Waals surface area contributed by atoms with Gasteiger partial charge < -0.3 is 11.1 Å². The van der Waals surface area contributed by atoms with E-state index in [1.807, 2.05) is 30.3 Å². The van der Waals surface area contributed by atoms with E-state index in [-0.39, 0.29) is 11.8 Å². The monoisotopic (exact) mass is 248 g/mol. The molecule has 1 amide bonds. The standard InChI is InChI=1S/C15H24N2O/c1-3-12(2)11-17-15(18)14(10-16)9-13-7-5-4-6-8-13/h4-8,12,14H,3,9-11,16H2,1-2H3,(H,17,18). The summed E-state index contributed by atoms with van der Waals surface area (Å²) < 4.78 is 0. The van der Waals surface area contributed by atoms with Crippen LogP contribution in [0, 0.1) is 11.8 Å². The van der Waals surface area contributed by atoms with Crippen LogP contribution in [0.25, 0.3) is 0 Å². The average molecular weight is 248 g/mol. The lowest BCUT2D eigenvalue weighted by atomic mass is 9.98. The molecule has 3 heteroatoms. The Morgan fingerprint density at radius 3 is 2.56 bits per heavy atom. The highest BCUT2D eigenvalue weighted by Crippen LogP contribution is 2.08. The SMILES string of the molecule is CCC(C)CNC(=O)C(CN)Cc1ccccc1. The first-order valence-corrected chi connectivity index (χ1v) is 6.69. The third kappa shape index (κ3) is 4.88. The van der Waals surface area contributed by atoms with Gasteiger partial charge in [0.2, 0.25) is 5.91 Å². The summed E-state index contributed by atoms with van der Waals surface area (Å²) >= 11 is 0. The summed E-state index contributed by atoms with van der Waals surface area (Å²) in [6.45, 7) is 5.39. The molecule has 0 saturated carbocycles. The van der Waals surface area contributed by atoms with Crippen LogP contribution in [-0.4, -0.2) is 19.0 Å². The molecule has 3 nitrogen and oxygen atoms in total. The Balaban J connectivity index is 2.48. The van der Waals surface area contributed by atoms with Crippen molar-refractivity contribution in [2.24, 2.45) is 17.6 Å². The Morgan fingerprint density at radius 1 is 1.33 bits per heavy atom. The molecule has 0 heterocycles. The lowest BCUT2D eigenvalue weighted by molar-refractivity contribution is -0.124. The Bertz CT molecular complexity index is 351. The quantitative estimate of drug-likeness (QED) is 0.775. The van der Waals surface area contributed by atoms with E-state index in [2.05, 4.69) is 19.2 Å². The van der Waals surface area contributed by atoms with Crippen LogP contribution in [0.5, 0.6) is 0 Å². The molecule has 0 fully saturated rings. The number of carbonyl (C=O) groups is 1. The first kappa shape index (κ1) is 14.7. The summed E-state index contributed by atoms with van der Waals surface area (Å²) in [4.78, 5) is 12.0. The minimum absolute atomic E-state index is 0.0710. The lowest BCUT2D eigenvalue weighted by Gasteiger charge is -2.17. The van der Waals surface area contributed by atoms with Crippen LogP contribution in [0.1, 0.15) is 25.8 Å². The third-order valence-corrected chi connectivity index (χ3v) is 3.30. The molecule has 2 unspecified atom stereocenters. The molecule has 0 aromatic heterocycles. The molecular formula is C15H24N2O. The van der Waals surface area contributed by atoms with E-state index in [1.54, 1.807) is 0 Å². The normalized spacial score (nSPS) is 13.9. The molecular weight excluding hydrogens is 224 g/mol. The third-order valence-electron chi connectivity index (χ3n) is 3.30. The lowest BCUT2D eigenvalue weighted by Crippen LogP contribution is -2.38. The summed E-state index contributed by atoms with van der Waals surface area (Å²) in [6, 6.07) is 10.0. The van der Waals surface area contributed by atoms with Crippen molar-refractivity contribution in [1.29, 1.82) is 0 Å². The average Bonchev–Trinajstić information content (AvgIpc) is 2.42. The van der Waals surface area contributed by atoms with E-state index >= 15 is 0 Å². The predicted octanol–water partition coefficient (Wildman–Crippen LogP) is 1.97. The Morgan fingerprint density at radius 2 is 2.00 bits per heavy atom. The number of nitrogens with one attached hydrogen (secondary N) is 1. The largest absolute Gasteiger partial charge is 0.356 e. The highest BCUT2D eigenvalue weighted by atomic mass is 16.1. The summed E-state index contributed by atoms with van der Waals surface area (Å²) in [7, 11) is 0. The number of hydrogen-bond acceptors (Lipinski definition) is 2. The van der Waals surface area contributed by atoms with Crippen molar-refractivity contribution in [3.63, 3.8) is 0 Å². The zero-order chi connectivity index (χ0) is 13.4. The van der Waals surface area contributed by atoms with Crippen LogP contribution in [0.15, 0.2) is 30.3 Å². The van der Waals surface area contributed by atoms with Crippen LogP contribution in [-0.2, 0) is 11.2 Å². The number of nitrogens with two attached hydrogens (primary N) is 1. The molecule has 0 bridgehead atoms. The predicted molar refractivity (Wildman–Crippen MR) is 75.2 cm³/mol.